The van der Waals surface area contributed by atoms with Crippen LogP contribution in [0.2, 0.25) is 0 Å². The van der Waals surface area contributed by atoms with E-state index in [1.807, 2.05) is 12.1 Å². The van der Waals surface area contributed by atoms with Crippen molar-refractivity contribution < 1.29 is 14.4 Å². The van der Waals surface area contributed by atoms with E-state index >= 15 is 0 Å². The van der Waals surface area contributed by atoms with Gasteiger partial charge in [0.15, 0.2) is 11.5 Å². The number of hydrogen-bond acceptors (Lipinski definition) is 6. The number of methoxy groups -OCH3 is 2. The van der Waals surface area contributed by atoms with Gasteiger partial charge in [0.05, 0.1) is 35.7 Å². The predicted octanol–water partition coefficient (Wildman–Crippen LogP) is 5.09. The maximum Gasteiger partial charge on any atom is 0.271 e. The van der Waals surface area contributed by atoms with Crippen molar-refractivity contribution in [2.24, 2.45) is 0 Å². The van der Waals surface area contributed by atoms with Crippen LogP contribution in [-0.4, -0.2) is 28.7 Å². The Hall–Kier alpha value is -3.73. The molecule has 1 aromatic heterocycles. The average Bonchev–Trinajstić information content (AvgIpc) is 2.83. The third-order valence-electron chi connectivity index (χ3n) is 4.99. The second kappa shape index (κ2) is 9.41. The lowest BCUT2D eigenvalue weighted by Gasteiger charge is -2.12. The highest BCUT2D eigenvalue weighted by Gasteiger charge is 2.14. The fourth-order valence-electron chi connectivity index (χ4n) is 3.41. The van der Waals surface area contributed by atoms with Gasteiger partial charge in [-0.1, -0.05) is 18.2 Å². The third kappa shape index (κ3) is 4.58. The number of rotatable bonds is 6. The molecule has 0 aliphatic carbocycles. The number of benzene rings is 3. The molecule has 0 spiro atoms. The van der Waals surface area contributed by atoms with Gasteiger partial charge in [-0.2, -0.15) is 0 Å². The predicted molar refractivity (Wildman–Crippen MR) is 135 cm³/mol. The van der Waals surface area contributed by atoms with Crippen LogP contribution in [0.3, 0.4) is 0 Å². The van der Waals surface area contributed by atoms with Crippen LogP contribution < -0.4 is 15.0 Å². The number of fused-ring (bicyclic) bond motifs is 1. The first-order chi connectivity index (χ1) is 15.9. The maximum absolute atomic E-state index is 13.5. The number of ether oxygens (including phenoxy) is 2. The average molecular weight is 555 g/mol. The molecule has 1 heterocycles. The van der Waals surface area contributed by atoms with Crippen LogP contribution in [0.25, 0.3) is 28.7 Å². The van der Waals surface area contributed by atoms with Crippen molar-refractivity contribution in [1.29, 1.82) is 0 Å². The van der Waals surface area contributed by atoms with Crippen molar-refractivity contribution in [2.45, 2.75) is 0 Å². The van der Waals surface area contributed by atoms with E-state index in [0.29, 0.717) is 33.9 Å². The van der Waals surface area contributed by atoms with Crippen LogP contribution in [0.4, 0.5) is 5.69 Å². The standard InChI is InChI=1S/C24H18IN3O5/c1-32-21-10-6-15(12-22(21)33-2)7-11-23-26-20-9-8-16(25)13-19(20)24(29)27(23)17-4-3-5-18(14-17)28(30)31/h3-14H,1-2H3/b11-7+. The Labute approximate surface area is 202 Å². The highest BCUT2D eigenvalue weighted by Crippen LogP contribution is 2.28. The number of nitro groups is 1. The van der Waals surface area contributed by atoms with Gasteiger partial charge in [0.2, 0.25) is 0 Å². The number of nitro benzene ring substituents is 1. The zero-order valence-corrected chi connectivity index (χ0v) is 19.8. The van der Waals surface area contributed by atoms with Crippen LogP contribution in [0.15, 0.2) is 65.5 Å². The zero-order valence-electron chi connectivity index (χ0n) is 17.7. The summed E-state index contributed by atoms with van der Waals surface area (Å²) in [7, 11) is 3.11. The van der Waals surface area contributed by atoms with E-state index in [0.717, 1.165) is 9.13 Å². The molecule has 8 nitrogen and oxygen atoms in total. The largest absolute Gasteiger partial charge is 0.493 e. The molecular weight excluding hydrogens is 537 g/mol. The van der Waals surface area contributed by atoms with Gasteiger partial charge in [-0.05, 0) is 70.6 Å². The van der Waals surface area contributed by atoms with Crippen LogP contribution in [0.5, 0.6) is 11.5 Å². The SMILES string of the molecule is COc1ccc(/C=C/c2nc3ccc(I)cc3c(=O)n2-c2cccc([N+](=O)[O-])c2)cc1OC. The Kier molecular flexibility index (Phi) is 6.40. The molecule has 0 N–H and O–H groups in total. The van der Waals surface area contributed by atoms with Gasteiger partial charge in [-0.25, -0.2) is 4.98 Å². The minimum atomic E-state index is -0.495. The van der Waals surface area contributed by atoms with Crippen LogP contribution in [0.1, 0.15) is 11.4 Å². The summed E-state index contributed by atoms with van der Waals surface area (Å²) in [4.78, 5) is 28.9. The fourth-order valence-corrected chi connectivity index (χ4v) is 3.90. The molecule has 166 valence electrons. The fraction of sp³-hybridized carbons (Fsp3) is 0.0833. The molecular formula is C24H18IN3O5. The molecule has 0 radical (unpaired) electrons. The van der Waals surface area contributed by atoms with Gasteiger partial charge in [-0.15, -0.1) is 0 Å². The summed E-state index contributed by atoms with van der Waals surface area (Å²) in [5, 5.41) is 11.7. The van der Waals surface area contributed by atoms with E-state index in [2.05, 4.69) is 27.6 Å². The second-order valence-electron chi connectivity index (χ2n) is 7.00. The number of non-ortho nitro benzene ring substituents is 1. The number of aromatic nitrogens is 2. The lowest BCUT2D eigenvalue weighted by molar-refractivity contribution is -0.384. The minimum Gasteiger partial charge on any atom is -0.493 e. The van der Waals surface area contributed by atoms with E-state index in [-0.39, 0.29) is 11.2 Å². The van der Waals surface area contributed by atoms with Gasteiger partial charge in [0.1, 0.15) is 5.82 Å². The van der Waals surface area contributed by atoms with Crippen LogP contribution in [-0.2, 0) is 0 Å². The molecule has 3 aromatic carbocycles. The molecule has 0 unspecified atom stereocenters. The van der Waals surface area contributed by atoms with Gasteiger partial charge >= 0.3 is 0 Å². The monoisotopic (exact) mass is 555 g/mol. The van der Waals surface area contributed by atoms with Crippen molar-refractivity contribution in [1.82, 2.24) is 9.55 Å². The molecule has 0 aliphatic heterocycles. The molecule has 4 aromatic rings. The van der Waals surface area contributed by atoms with E-state index in [1.54, 1.807) is 62.8 Å². The lowest BCUT2D eigenvalue weighted by Crippen LogP contribution is -2.22. The molecule has 4 rings (SSSR count). The highest BCUT2D eigenvalue weighted by atomic mass is 127. The summed E-state index contributed by atoms with van der Waals surface area (Å²) in [6, 6.07) is 16.7. The first-order valence-electron chi connectivity index (χ1n) is 9.78. The van der Waals surface area contributed by atoms with E-state index in [9.17, 15) is 14.9 Å². The molecule has 0 saturated heterocycles. The van der Waals surface area contributed by atoms with Crippen LogP contribution in [0, 0.1) is 13.7 Å². The Morgan fingerprint density at radius 3 is 2.52 bits per heavy atom. The number of halogens is 1. The van der Waals surface area contributed by atoms with E-state index in [1.165, 1.54) is 16.7 Å². The van der Waals surface area contributed by atoms with Crippen molar-refractivity contribution in [3.63, 3.8) is 0 Å². The second-order valence-corrected chi connectivity index (χ2v) is 8.24. The summed E-state index contributed by atoms with van der Waals surface area (Å²) in [6.45, 7) is 0. The summed E-state index contributed by atoms with van der Waals surface area (Å²) in [6.07, 6.45) is 3.48. The molecule has 0 fully saturated rings. The summed E-state index contributed by atoms with van der Waals surface area (Å²) < 4.78 is 12.9. The molecule has 9 heteroatoms. The number of nitrogens with zero attached hydrogens (tertiary/aromatic N) is 3. The van der Waals surface area contributed by atoms with E-state index < -0.39 is 4.92 Å². The van der Waals surface area contributed by atoms with Gasteiger partial charge < -0.3 is 9.47 Å². The first kappa shape index (κ1) is 22.5. The van der Waals surface area contributed by atoms with Gasteiger partial charge in [-0.3, -0.25) is 19.5 Å². The Morgan fingerprint density at radius 2 is 1.79 bits per heavy atom. The normalized spacial score (nSPS) is 11.1. The zero-order chi connectivity index (χ0) is 23.5. The lowest BCUT2D eigenvalue weighted by atomic mass is 10.1. The summed E-state index contributed by atoms with van der Waals surface area (Å²) in [5.74, 6) is 1.50. The van der Waals surface area contributed by atoms with Crippen molar-refractivity contribution >= 4 is 51.3 Å². The van der Waals surface area contributed by atoms with Gasteiger partial charge in [0, 0.05) is 15.7 Å². The quantitative estimate of drug-likeness (QED) is 0.187. The van der Waals surface area contributed by atoms with Crippen LogP contribution >= 0.6 is 22.6 Å². The molecule has 0 atom stereocenters. The van der Waals surface area contributed by atoms with Gasteiger partial charge in [0.25, 0.3) is 11.2 Å². The smallest absolute Gasteiger partial charge is 0.271 e. The molecule has 0 bridgehead atoms. The molecule has 0 aliphatic rings. The number of hydrogen-bond donors (Lipinski definition) is 0. The highest BCUT2D eigenvalue weighted by molar-refractivity contribution is 14.1. The van der Waals surface area contributed by atoms with E-state index in [4.69, 9.17) is 9.47 Å². The first-order valence-corrected chi connectivity index (χ1v) is 10.9. The summed E-state index contributed by atoms with van der Waals surface area (Å²) >= 11 is 2.13. The Morgan fingerprint density at radius 1 is 1.00 bits per heavy atom. The van der Waals surface area contributed by atoms with Crippen molar-refractivity contribution in [3.05, 3.63) is 96.1 Å². The van der Waals surface area contributed by atoms with Crippen molar-refractivity contribution in [2.75, 3.05) is 14.2 Å². The molecule has 33 heavy (non-hydrogen) atoms. The molecule has 0 amide bonds. The third-order valence-corrected chi connectivity index (χ3v) is 5.66. The topological polar surface area (TPSA) is 96.5 Å². The molecule has 0 saturated carbocycles. The van der Waals surface area contributed by atoms with Crippen molar-refractivity contribution in [3.8, 4) is 17.2 Å². The summed E-state index contributed by atoms with van der Waals surface area (Å²) in [5.41, 5.74) is 1.27. The Bertz CT molecular complexity index is 1460. The maximum atomic E-state index is 13.5. The Balaban J connectivity index is 1.92. The minimum absolute atomic E-state index is 0.114.